The van der Waals surface area contributed by atoms with Gasteiger partial charge in [0.25, 0.3) is 0 Å². The van der Waals surface area contributed by atoms with E-state index in [1.165, 1.54) is 59.5 Å². The van der Waals surface area contributed by atoms with Crippen molar-refractivity contribution in [2.75, 3.05) is 0 Å². The lowest BCUT2D eigenvalue weighted by atomic mass is 9.64. The van der Waals surface area contributed by atoms with E-state index in [1.54, 1.807) is 0 Å². The minimum atomic E-state index is -0.349. The van der Waals surface area contributed by atoms with Crippen LogP contribution in [0.3, 0.4) is 0 Å². The molecule has 7 heteroatoms. The van der Waals surface area contributed by atoms with Crippen molar-refractivity contribution in [2.24, 2.45) is 5.92 Å². The lowest BCUT2D eigenvalue weighted by molar-refractivity contribution is 0.00578. The van der Waals surface area contributed by atoms with Crippen molar-refractivity contribution in [2.45, 2.75) is 174 Å². The van der Waals surface area contributed by atoms with Crippen molar-refractivity contribution >= 4 is 36.0 Å². The zero-order chi connectivity index (χ0) is 34.0. The fourth-order valence-corrected chi connectivity index (χ4v) is 7.62. The van der Waals surface area contributed by atoms with Crippen LogP contribution in [0.5, 0.6) is 0 Å². The molecule has 258 valence electrons. The molecule has 2 saturated heterocycles. The first-order valence-corrected chi connectivity index (χ1v) is 18.8. The van der Waals surface area contributed by atoms with Gasteiger partial charge in [-0.3, -0.25) is 0 Å². The maximum atomic E-state index is 6.71. The number of hydrogen-bond acceptors (Lipinski definition) is 4. The zero-order valence-corrected chi connectivity index (χ0v) is 31.3. The number of fused-ring (bicyclic) bond motifs is 3. The maximum Gasteiger partial charge on any atom is 0.461 e. The molecule has 2 aromatic carbocycles. The lowest BCUT2D eigenvalue weighted by Gasteiger charge is -2.32. The average Bonchev–Trinajstić information content (AvgIpc) is 3.56. The second-order valence-electron chi connectivity index (χ2n) is 17.0. The summed E-state index contributed by atoms with van der Waals surface area (Å²) >= 11 is 0. The summed E-state index contributed by atoms with van der Waals surface area (Å²) < 4.78 is 26.7. The molecule has 3 heterocycles. The number of benzene rings is 2. The van der Waals surface area contributed by atoms with Crippen molar-refractivity contribution < 1.29 is 18.6 Å². The Morgan fingerprint density at radius 3 is 1.77 bits per heavy atom. The number of H-pyrrole nitrogens is 1. The van der Waals surface area contributed by atoms with Crippen LogP contribution in [0.25, 0.3) is 21.8 Å². The van der Waals surface area contributed by atoms with Gasteiger partial charge in [-0.15, -0.1) is 0 Å². The van der Waals surface area contributed by atoms with Crippen LogP contribution < -0.4 is 0 Å². The fourth-order valence-electron chi connectivity index (χ4n) is 7.62. The molecule has 2 aliphatic rings. The van der Waals surface area contributed by atoms with Crippen molar-refractivity contribution in [3.63, 3.8) is 0 Å². The smallest absolute Gasteiger partial charge is 0.403 e. The van der Waals surface area contributed by atoms with Crippen LogP contribution in [0, 0.1) is 5.92 Å². The summed E-state index contributed by atoms with van der Waals surface area (Å²) in [5, 5.41) is 2.57. The first-order chi connectivity index (χ1) is 22.1. The van der Waals surface area contributed by atoms with Gasteiger partial charge in [-0.2, -0.15) is 0 Å². The number of aromatic amines is 1. The van der Waals surface area contributed by atoms with Crippen LogP contribution in [0.15, 0.2) is 42.5 Å². The van der Waals surface area contributed by atoms with E-state index < -0.39 is 0 Å². The second kappa shape index (κ2) is 14.6. The molecule has 5 rings (SSSR count). The molecule has 0 amide bonds. The summed E-state index contributed by atoms with van der Waals surface area (Å²) in [4.78, 5) is 3.73. The highest BCUT2D eigenvalue weighted by molar-refractivity contribution is 6.48. The van der Waals surface area contributed by atoms with Gasteiger partial charge < -0.3 is 23.6 Å². The van der Waals surface area contributed by atoms with Crippen molar-refractivity contribution in [3.05, 3.63) is 48.0 Å². The molecular formula is C40H63B2NO4. The molecular weight excluding hydrogens is 580 g/mol. The van der Waals surface area contributed by atoms with E-state index >= 15 is 0 Å². The Hall–Kier alpha value is -1.79. The fraction of sp³-hybridized carbons (Fsp3) is 0.700. The molecule has 47 heavy (non-hydrogen) atoms. The Kier molecular flexibility index (Phi) is 11.3. The Morgan fingerprint density at radius 2 is 1.15 bits per heavy atom. The molecule has 0 radical (unpaired) electrons. The third-order valence-electron chi connectivity index (χ3n) is 12.1. The summed E-state index contributed by atoms with van der Waals surface area (Å²) in [6, 6.07) is 15.3. The Labute approximate surface area is 286 Å². The Morgan fingerprint density at radius 1 is 0.617 bits per heavy atom. The van der Waals surface area contributed by atoms with Gasteiger partial charge in [0.1, 0.15) is 0 Å². The average molecular weight is 644 g/mol. The number of unbranched alkanes of at least 4 members (excludes halogenated alkanes) is 4. The molecule has 5 nitrogen and oxygen atoms in total. The number of hydrogen-bond donors (Lipinski definition) is 1. The molecule has 2 fully saturated rings. The maximum absolute atomic E-state index is 6.71. The molecule has 0 saturated carbocycles. The highest BCUT2D eigenvalue weighted by Crippen LogP contribution is 2.45. The van der Waals surface area contributed by atoms with Crippen LogP contribution in [-0.2, 0) is 25.0 Å². The van der Waals surface area contributed by atoms with Gasteiger partial charge in [0, 0.05) is 21.8 Å². The van der Waals surface area contributed by atoms with Crippen LogP contribution in [0.1, 0.15) is 139 Å². The predicted octanol–water partition coefficient (Wildman–Crippen LogP) is 11.3. The van der Waals surface area contributed by atoms with Gasteiger partial charge in [-0.25, -0.2) is 0 Å². The number of rotatable bonds is 16. The summed E-state index contributed by atoms with van der Waals surface area (Å²) in [6.45, 7) is 22.1. The standard InChI is InChI=1S/C40H63B2NO4/c1-11-12-13-14-20-29(2)27-31(41-44-37(3,4)38(5,6)45-41)22-15-16-23-32(42-46-39(7,8)40(9,10)47-42)28-30-21-19-25-34-33-24-17-18-26-35(33)43-36(30)34/h17-19,21,24-26,29,31-32,43H,11-16,20,22-23,27-28H2,1-10H3. The summed E-state index contributed by atoms with van der Waals surface area (Å²) in [6.07, 6.45) is 13.1. The van der Waals surface area contributed by atoms with Gasteiger partial charge in [-0.05, 0) is 97.4 Å². The molecule has 0 bridgehead atoms. The normalized spacial score (nSPS) is 21.9. The third-order valence-corrected chi connectivity index (χ3v) is 12.1. The van der Waals surface area contributed by atoms with E-state index in [9.17, 15) is 0 Å². The zero-order valence-electron chi connectivity index (χ0n) is 31.3. The van der Waals surface area contributed by atoms with Crippen LogP contribution >= 0.6 is 0 Å². The van der Waals surface area contributed by atoms with Crippen LogP contribution in [-0.4, -0.2) is 41.6 Å². The topological polar surface area (TPSA) is 52.7 Å². The third kappa shape index (κ3) is 8.17. The van der Waals surface area contributed by atoms with E-state index in [-0.39, 0.29) is 42.5 Å². The van der Waals surface area contributed by atoms with Crippen molar-refractivity contribution in [1.82, 2.24) is 4.98 Å². The van der Waals surface area contributed by atoms with Gasteiger partial charge in [-0.1, -0.05) is 108 Å². The summed E-state index contributed by atoms with van der Waals surface area (Å²) in [5.74, 6) is 1.32. The first kappa shape index (κ1) is 36.5. The van der Waals surface area contributed by atoms with E-state index in [0.717, 1.165) is 38.5 Å². The summed E-state index contributed by atoms with van der Waals surface area (Å²) in [5.41, 5.74) is 2.47. The minimum absolute atomic E-state index is 0.142. The largest absolute Gasteiger partial charge is 0.461 e. The molecule has 1 aromatic heterocycles. The lowest BCUT2D eigenvalue weighted by Crippen LogP contribution is -2.41. The molecule has 1 N–H and O–H groups in total. The summed E-state index contributed by atoms with van der Waals surface area (Å²) in [7, 11) is -0.377. The molecule has 0 spiro atoms. The molecule has 3 aromatic rings. The van der Waals surface area contributed by atoms with E-state index in [2.05, 4.69) is 117 Å². The minimum Gasteiger partial charge on any atom is -0.403 e. The van der Waals surface area contributed by atoms with Gasteiger partial charge in [0.15, 0.2) is 0 Å². The predicted molar refractivity (Wildman–Crippen MR) is 200 cm³/mol. The van der Waals surface area contributed by atoms with Gasteiger partial charge in [0.05, 0.1) is 22.4 Å². The quantitative estimate of drug-likeness (QED) is 0.125. The molecule has 2 aliphatic heterocycles. The van der Waals surface area contributed by atoms with E-state index in [0.29, 0.717) is 11.7 Å². The highest BCUT2D eigenvalue weighted by atomic mass is 16.7. The number of nitrogens with one attached hydrogen (secondary N) is 1. The SMILES string of the molecule is CCCCCCC(C)CC(CCCCC(Cc1cccc2c1[nH]c1ccccc12)B1OC(C)(C)C(C)(C)O1)B1OC(C)(C)C(C)(C)O1. The van der Waals surface area contributed by atoms with E-state index in [1.807, 2.05) is 0 Å². The van der Waals surface area contributed by atoms with Gasteiger partial charge >= 0.3 is 14.2 Å². The highest BCUT2D eigenvalue weighted by Gasteiger charge is 2.54. The molecule has 0 aliphatic carbocycles. The van der Waals surface area contributed by atoms with Crippen LogP contribution in [0.4, 0.5) is 0 Å². The monoisotopic (exact) mass is 643 g/mol. The Balaban J connectivity index is 1.30. The van der Waals surface area contributed by atoms with Crippen molar-refractivity contribution in [1.29, 1.82) is 0 Å². The molecule has 3 atom stereocenters. The molecule has 3 unspecified atom stereocenters. The number of para-hydroxylation sites is 2. The van der Waals surface area contributed by atoms with Crippen molar-refractivity contribution in [3.8, 4) is 0 Å². The first-order valence-electron chi connectivity index (χ1n) is 18.8. The number of aromatic nitrogens is 1. The second-order valence-corrected chi connectivity index (χ2v) is 17.0. The van der Waals surface area contributed by atoms with E-state index in [4.69, 9.17) is 18.6 Å². The van der Waals surface area contributed by atoms with Crippen LogP contribution in [0.2, 0.25) is 11.6 Å². The Bertz CT molecular complexity index is 1430. The van der Waals surface area contributed by atoms with Gasteiger partial charge in [0.2, 0.25) is 0 Å².